The van der Waals surface area contributed by atoms with Gasteiger partial charge in [0.15, 0.2) is 11.8 Å². The van der Waals surface area contributed by atoms with E-state index in [2.05, 4.69) is 4.98 Å². The van der Waals surface area contributed by atoms with Crippen LogP contribution in [0.3, 0.4) is 0 Å². The van der Waals surface area contributed by atoms with Crippen LogP contribution < -0.4 is 21.9 Å². The van der Waals surface area contributed by atoms with Gasteiger partial charge >= 0.3 is 11.7 Å². The van der Waals surface area contributed by atoms with Crippen molar-refractivity contribution in [3.8, 4) is 0 Å². The molecular formula is C25H26N4O6. The molecule has 1 aromatic heterocycles. The number of ether oxygens (including phenoxy) is 2. The number of rotatable bonds is 8. The molecule has 3 aromatic rings. The number of fused-ring (bicyclic) bond motifs is 1. The molecule has 2 aromatic carbocycles. The highest BCUT2D eigenvalue weighted by Gasteiger charge is 2.36. The van der Waals surface area contributed by atoms with E-state index in [1.165, 1.54) is 16.6 Å². The summed E-state index contributed by atoms with van der Waals surface area (Å²) >= 11 is 0. The number of carbonyl (C=O) groups excluding carboxylic acids is 2. The fraction of sp³-hybridized carbons (Fsp3) is 0.280. The van der Waals surface area contributed by atoms with E-state index < -0.39 is 29.2 Å². The maximum atomic E-state index is 13.6. The summed E-state index contributed by atoms with van der Waals surface area (Å²) in [6, 6.07) is 16.0. The van der Waals surface area contributed by atoms with Gasteiger partial charge in [-0.15, -0.1) is 0 Å². The van der Waals surface area contributed by atoms with E-state index in [0.717, 1.165) is 5.56 Å². The van der Waals surface area contributed by atoms with Crippen LogP contribution >= 0.6 is 0 Å². The van der Waals surface area contributed by atoms with Gasteiger partial charge in [-0.05, 0) is 23.6 Å². The Morgan fingerprint density at radius 3 is 2.60 bits per heavy atom. The number of nitrogens with two attached hydrogens (primary N) is 1. The normalized spacial score (nSPS) is 14.8. The molecule has 0 saturated heterocycles. The third-order valence-corrected chi connectivity index (χ3v) is 5.83. The van der Waals surface area contributed by atoms with Crippen molar-refractivity contribution in [3.05, 3.63) is 92.1 Å². The Morgan fingerprint density at radius 1 is 1.14 bits per heavy atom. The molecule has 4 rings (SSSR count). The number of methoxy groups -OCH3 is 1. The van der Waals surface area contributed by atoms with Crippen LogP contribution in [0.25, 0.3) is 0 Å². The Balaban J connectivity index is 1.73. The highest BCUT2D eigenvalue weighted by atomic mass is 16.5. The molecule has 1 atom stereocenters. The van der Waals surface area contributed by atoms with Crippen molar-refractivity contribution in [2.45, 2.75) is 25.5 Å². The summed E-state index contributed by atoms with van der Waals surface area (Å²) in [7, 11) is 1.52. The summed E-state index contributed by atoms with van der Waals surface area (Å²) in [6.45, 7) is 0.485. The van der Waals surface area contributed by atoms with Gasteiger partial charge in [0.05, 0.1) is 12.1 Å². The van der Waals surface area contributed by atoms with E-state index in [9.17, 15) is 19.2 Å². The summed E-state index contributed by atoms with van der Waals surface area (Å²) in [5.41, 5.74) is 6.52. The fourth-order valence-corrected chi connectivity index (χ4v) is 4.10. The average Bonchev–Trinajstić information content (AvgIpc) is 2.86. The molecule has 1 aliphatic rings. The van der Waals surface area contributed by atoms with E-state index in [-0.39, 0.29) is 31.0 Å². The van der Waals surface area contributed by atoms with Gasteiger partial charge in [-0.1, -0.05) is 48.5 Å². The molecular weight excluding hydrogens is 452 g/mol. The Bertz CT molecular complexity index is 1350. The first-order valence-corrected chi connectivity index (χ1v) is 11.2. The van der Waals surface area contributed by atoms with Crippen LogP contribution in [0.1, 0.15) is 27.9 Å². The van der Waals surface area contributed by atoms with Crippen molar-refractivity contribution in [2.75, 3.05) is 30.9 Å². The van der Waals surface area contributed by atoms with Crippen LogP contribution in [0.2, 0.25) is 0 Å². The van der Waals surface area contributed by atoms with Crippen LogP contribution in [0.15, 0.2) is 64.2 Å². The second kappa shape index (κ2) is 10.4. The lowest BCUT2D eigenvalue weighted by Gasteiger charge is -2.30. The Kier molecular flexibility index (Phi) is 7.11. The number of H-pyrrole nitrogens is 1. The average molecular weight is 479 g/mol. The summed E-state index contributed by atoms with van der Waals surface area (Å²) in [5.74, 6) is -1.38. The van der Waals surface area contributed by atoms with Crippen molar-refractivity contribution in [1.82, 2.24) is 9.55 Å². The van der Waals surface area contributed by atoms with Crippen molar-refractivity contribution in [2.24, 2.45) is 0 Å². The van der Waals surface area contributed by atoms with E-state index in [1.807, 2.05) is 30.3 Å². The maximum Gasteiger partial charge on any atom is 0.339 e. The molecule has 1 aliphatic heterocycles. The number of nitrogens with one attached hydrogen (secondary N) is 1. The minimum Gasteiger partial charge on any atom is -0.448 e. The quantitative estimate of drug-likeness (QED) is 0.368. The Labute approximate surface area is 200 Å². The zero-order valence-electron chi connectivity index (χ0n) is 19.2. The Morgan fingerprint density at radius 2 is 1.86 bits per heavy atom. The SMILES string of the molecule is COCCCN(C(=O)C1Cc2ccccc2C(=O)O1)c1c(N)n(Cc2ccccc2)c(=O)[nH]c1=O. The minimum atomic E-state index is -1.15. The molecule has 2 heterocycles. The minimum absolute atomic E-state index is 0.0686. The van der Waals surface area contributed by atoms with Crippen LogP contribution in [-0.2, 0) is 27.2 Å². The second-order valence-electron chi connectivity index (χ2n) is 8.16. The number of benzene rings is 2. The lowest BCUT2D eigenvalue weighted by atomic mass is 9.98. The number of hydrogen-bond acceptors (Lipinski definition) is 7. The second-order valence-corrected chi connectivity index (χ2v) is 8.16. The molecule has 0 saturated carbocycles. The van der Waals surface area contributed by atoms with Crippen LogP contribution in [0.5, 0.6) is 0 Å². The number of amides is 1. The third-order valence-electron chi connectivity index (χ3n) is 5.83. The molecule has 1 unspecified atom stereocenters. The van der Waals surface area contributed by atoms with Gasteiger partial charge in [0.25, 0.3) is 11.5 Å². The van der Waals surface area contributed by atoms with Crippen molar-refractivity contribution >= 4 is 23.4 Å². The van der Waals surface area contributed by atoms with Crippen LogP contribution in [0, 0.1) is 0 Å². The zero-order chi connectivity index (χ0) is 24.9. The number of nitrogen functional groups attached to an aromatic ring is 1. The van der Waals surface area contributed by atoms with E-state index >= 15 is 0 Å². The number of aromatic nitrogens is 2. The fourth-order valence-electron chi connectivity index (χ4n) is 4.10. The van der Waals surface area contributed by atoms with Crippen molar-refractivity contribution in [1.29, 1.82) is 0 Å². The largest absolute Gasteiger partial charge is 0.448 e. The monoisotopic (exact) mass is 478 g/mol. The standard InChI is InChI=1S/C25H26N4O6/c1-34-13-7-12-28(23(31)19-14-17-10-5-6-11-18(17)24(32)35-19)20-21(26)29(25(33)27-22(20)30)15-16-8-3-2-4-9-16/h2-6,8-11,19H,7,12-15,26H2,1H3,(H,27,30,33). The van der Waals surface area contributed by atoms with Gasteiger partial charge in [0, 0.05) is 26.7 Å². The van der Waals surface area contributed by atoms with Crippen molar-refractivity contribution in [3.63, 3.8) is 0 Å². The Hall–Kier alpha value is -4.18. The first-order valence-electron chi connectivity index (χ1n) is 11.2. The summed E-state index contributed by atoms with van der Waals surface area (Å²) in [5, 5.41) is 0. The highest BCUT2D eigenvalue weighted by molar-refractivity contribution is 6.02. The predicted octanol–water partition coefficient (Wildman–Crippen LogP) is 1.32. The molecule has 0 radical (unpaired) electrons. The van der Waals surface area contributed by atoms with Crippen molar-refractivity contribution < 1.29 is 19.1 Å². The molecule has 0 aliphatic carbocycles. The number of nitrogens with zero attached hydrogens (tertiary/aromatic N) is 2. The topological polar surface area (TPSA) is 137 Å². The third kappa shape index (κ3) is 5.02. The molecule has 0 spiro atoms. The summed E-state index contributed by atoms with van der Waals surface area (Å²) < 4.78 is 11.7. The van der Waals surface area contributed by atoms with E-state index in [1.54, 1.807) is 24.3 Å². The van der Waals surface area contributed by atoms with Gasteiger partial charge in [-0.2, -0.15) is 0 Å². The lowest BCUT2D eigenvalue weighted by Crippen LogP contribution is -2.48. The molecule has 35 heavy (non-hydrogen) atoms. The number of esters is 1. The first-order chi connectivity index (χ1) is 16.9. The summed E-state index contributed by atoms with van der Waals surface area (Å²) in [4.78, 5) is 55.1. The number of carbonyl (C=O) groups is 2. The smallest absolute Gasteiger partial charge is 0.339 e. The molecule has 3 N–H and O–H groups in total. The first kappa shape index (κ1) is 24.0. The summed E-state index contributed by atoms with van der Waals surface area (Å²) in [6.07, 6.45) is -0.604. The predicted molar refractivity (Wildman–Crippen MR) is 129 cm³/mol. The van der Waals surface area contributed by atoms with Gasteiger partial charge < -0.3 is 20.1 Å². The number of anilines is 2. The van der Waals surface area contributed by atoms with Gasteiger partial charge in [-0.25, -0.2) is 9.59 Å². The molecule has 10 nitrogen and oxygen atoms in total. The number of hydrogen-bond donors (Lipinski definition) is 2. The molecule has 182 valence electrons. The van der Waals surface area contributed by atoms with Gasteiger partial charge in [0.2, 0.25) is 0 Å². The van der Waals surface area contributed by atoms with Gasteiger partial charge in [-0.3, -0.25) is 19.1 Å². The van der Waals surface area contributed by atoms with Crippen LogP contribution in [0.4, 0.5) is 11.5 Å². The van der Waals surface area contributed by atoms with Crippen LogP contribution in [-0.4, -0.2) is 47.8 Å². The van der Waals surface area contributed by atoms with Gasteiger partial charge in [0.1, 0.15) is 5.82 Å². The zero-order valence-corrected chi connectivity index (χ0v) is 19.2. The highest BCUT2D eigenvalue weighted by Crippen LogP contribution is 2.25. The molecule has 10 heteroatoms. The van der Waals surface area contributed by atoms with E-state index in [0.29, 0.717) is 24.2 Å². The number of aromatic amines is 1. The molecule has 0 fully saturated rings. The molecule has 0 bridgehead atoms. The molecule has 1 amide bonds. The van der Waals surface area contributed by atoms with E-state index in [4.69, 9.17) is 15.2 Å². The number of cyclic esters (lactones) is 1. The lowest BCUT2D eigenvalue weighted by molar-refractivity contribution is -0.127. The maximum absolute atomic E-state index is 13.6.